The Hall–Kier alpha value is -4.43. The van der Waals surface area contributed by atoms with Crippen LogP contribution in [0, 0.1) is 0 Å². The standard InChI is InChI=1S/C30H32N6O2/c1-2-38-30(37)24-14-9-15-25(20-24)34-28-26(31)29(33-21-32-28)36-18-16-35(17-19-36)27(22-10-5-3-6-11-22)23-12-7-4-8-13-23/h3-15,20-21,27H,2,16-19,31H2,1H3,(H,32,33,34). The van der Waals surface area contributed by atoms with Gasteiger partial charge in [0.05, 0.1) is 18.2 Å². The zero-order chi connectivity index (χ0) is 26.3. The molecule has 1 aromatic heterocycles. The van der Waals surface area contributed by atoms with Gasteiger partial charge in [-0.15, -0.1) is 0 Å². The Morgan fingerprint density at radius 1 is 0.921 bits per heavy atom. The predicted octanol–water partition coefficient (Wildman–Crippen LogP) is 4.89. The van der Waals surface area contributed by atoms with Crippen molar-refractivity contribution in [1.29, 1.82) is 0 Å². The molecule has 194 valence electrons. The Morgan fingerprint density at radius 2 is 1.58 bits per heavy atom. The highest BCUT2D eigenvalue weighted by atomic mass is 16.5. The van der Waals surface area contributed by atoms with Crippen molar-refractivity contribution in [2.24, 2.45) is 0 Å². The van der Waals surface area contributed by atoms with Crippen molar-refractivity contribution in [1.82, 2.24) is 14.9 Å². The van der Waals surface area contributed by atoms with Crippen LogP contribution in [0.5, 0.6) is 0 Å². The van der Waals surface area contributed by atoms with Crippen LogP contribution >= 0.6 is 0 Å². The summed E-state index contributed by atoms with van der Waals surface area (Å²) in [6.45, 7) is 5.41. The molecule has 0 unspecified atom stereocenters. The van der Waals surface area contributed by atoms with Crippen LogP contribution in [0.3, 0.4) is 0 Å². The van der Waals surface area contributed by atoms with E-state index in [0.29, 0.717) is 35.2 Å². The molecule has 1 aliphatic rings. The van der Waals surface area contributed by atoms with Gasteiger partial charge in [-0.25, -0.2) is 14.8 Å². The lowest BCUT2D eigenvalue weighted by molar-refractivity contribution is 0.0526. The van der Waals surface area contributed by atoms with E-state index in [9.17, 15) is 4.79 Å². The number of piperazine rings is 1. The van der Waals surface area contributed by atoms with Crippen LogP contribution in [-0.2, 0) is 4.74 Å². The number of nitrogen functional groups attached to an aromatic ring is 1. The fraction of sp³-hybridized carbons (Fsp3) is 0.233. The molecule has 1 fully saturated rings. The Kier molecular flexibility index (Phi) is 7.80. The maximum absolute atomic E-state index is 12.1. The first-order valence-corrected chi connectivity index (χ1v) is 12.9. The van der Waals surface area contributed by atoms with E-state index in [4.69, 9.17) is 10.5 Å². The molecule has 8 nitrogen and oxygen atoms in total. The van der Waals surface area contributed by atoms with Gasteiger partial charge in [0.15, 0.2) is 11.6 Å². The summed E-state index contributed by atoms with van der Waals surface area (Å²) in [5.41, 5.74) is 10.8. The molecule has 0 saturated carbocycles. The summed E-state index contributed by atoms with van der Waals surface area (Å²) >= 11 is 0. The molecule has 2 heterocycles. The minimum absolute atomic E-state index is 0.186. The fourth-order valence-electron chi connectivity index (χ4n) is 4.89. The van der Waals surface area contributed by atoms with E-state index in [2.05, 4.69) is 85.7 Å². The highest BCUT2D eigenvalue weighted by Gasteiger charge is 2.28. The van der Waals surface area contributed by atoms with Crippen LogP contribution in [0.1, 0.15) is 34.5 Å². The lowest BCUT2D eigenvalue weighted by Crippen LogP contribution is -2.48. The van der Waals surface area contributed by atoms with Crippen LogP contribution < -0.4 is 16.0 Å². The normalized spacial score (nSPS) is 13.9. The number of aromatic nitrogens is 2. The second-order valence-electron chi connectivity index (χ2n) is 9.13. The van der Waals surface area contributed by atoms with Crippen LogP contribution in [0.4, 0.5) is 23.0 Å². The number of nitrogens with zero attached hydrogens (tertiary/aromatic N) is 4. The SMILES string of the molecule is CCOC(=O)c1cccc(Nc2ncnc(N3CCN(C(c4ccccc4)c4ccccc4)CC3)c2N)c1. The first kappa shape index (κ1) is 25.2. The highest BCUT2D eigenvalue weighted by molar-refractivity contribution is 5.91. The number of ether oxygens (including phenoxy) is 1. The molecule has 3 aromatic carbocycles. The molecule has 1 aliphatic heterocycles. The third-order valence-electron chi connectivity index (χ3n) is 6.71. The lowest BCUT2D eigenvalue weighted by atomic mass is 9.96. The third-order valence-corrected chi connectivity index (χ3v) is 6.71. The zero-order valence-electron chi connectivity index (χ0n) is 21.5. The average molecular weight is 509 g/mol. The Bertz CT molecular complexity index is 1320. The maximum atomic E-state index is 12.1. The molecule has 0 atom stereocenters. The quantitative estimate of drug-likeness (QED) is 0.325. The smallest absolute Gasteiger partial charge is 0.338 e. The van der Waals surface area contributed by atoms with Crippen LogP contribution in [0.15, 0.2) is 91.3 Å². The van der Waals surface area contributed by atoms with E-state index >= 15 is 0 Å². The van der Waals surface area contributed by atoms with Crippen molar-refractivity contribution < 1.29 is 9.53 Å². The van der Waals surface area contributed by atoms with Gasteiger partial charge in [0, 0.05) is 31.9 Å². The summed E-state index contributed by atoms with van der Waals surface area (Å²) in [6, 6.07) is 28.6. The monoisotopic (exact) mass is 508 g/mol. The number of carbonyl (C=O) groups is 1. The second-order valence-corrected chi connectivity index (χ2v) is 9.13. The number of esters is 1. The number of carbonyl (C=O) groups excluding carboxylic acids is 1. The van der Waals surface area contributed by atoms with Crippen molar-refractivity contribution in [2.45, 2.75) is 13.0 Å². The minimum atomic E-state index is -0.366. The first-order chi connectivity index (χ1) is 18.6. The van der Waals surface area contributed by atoms with Crippen molar-refractivity contribution in [2.75, 3.05) is 48.7 Å². The molecule has 0 bridgehead atoms. The molecule has 4 aromatic rings. The molecule has 0 aliphatic carbocycles. The molecule has 3 N–H and O–H groups in total. The molecular formula is C30H32N6O2. The number of nitrogens with one attached hydrogen (secondary N) is 1. The Labute approximate surface area is 223 Å². The van der Waals surface area contributed by atoms with Gasteiger partial charge in [0.2, 0.25) is 0 Å². The van der Waals surface area contributed by atoms with Crippen LogP contribution in [0.2, 0.25) is 0 Å². The molecule has 1 saturated heterocycles. The molecule has 0 radical (unpaired) electrons. The Balaban J connectivity index is 1.31. The number of nitrogens with two attached hydrogens (primary N) is 1. The number of anilines is 4. The number of hydrogen-bond acceptors (Lipinski definition) is 8. The van der Waals surface area contributed by atoms with Gasteiger partial charge in [0.1, 0.15) is 12.0 Å². The summed E-state index contributed by atoms with van der Waals surface area (Å²) in [7, 11) is 0. The van der Waals surface area contributed by atoms with E-state index in [1.165, 1.54) is 17.5 Å². The highest BCUT2D eigenvalue weighted by Crippen LogP contribution is 2.33. The summed E-state index contributed by atoms with van der Waals surface area (Å²) in [6.07, 6.45) is 1.52. The largest absolute Gasteiger partial charge is 0.462 e. The lowest BCUT2D eigenvalue weighted by Gasteiger charge is -2.40. The van der Waals surface area contributed by atoms with E-state index in [1.807, 2.05) is 6.07 Å². The van der Waals surface area contributed by atoms with E-state index in [-0.39, 0.29) is 12.0 Å². The van der Waals surface area contributed by atoms with Crippen molar-refractivity contribution in [3.8, 4) is 0 Å². The molecule has 38 heavy (non-hydrogen) atoms. The van der Waals surface area contributed by atoms with Crippen molar-refractivity contribution in [3.05, 3.63) is 108 Å². The molecule has 0 amide bonds. The van der Waals surface area contributed by atoms with Gasteiger partial charge in [-0.3, -0.25) is 4.90 Å². The minimum Gasteiger partial charge on any atom is -0.462 e. The van der Waals surface area contributed by atoms with Crippen molar-refractivity contribution in [3.63, 3.8) is 0 Å². The topological polar surface area (TPSA) is 96.6 Å². The van der Waals surface area contributed by atoms with Gasteiger partial charge in [0.25, 0.3) is 0 Å². The second kappa shape index (κ2) is 11.7. The molecule has 5 rings (SSSR count). The first-order valence-electron chi connectivity index (χ1n) is 12.9. The predicted molar refractivity (Wildman–Crippen MR) is 151 cm³/mol. The van der Waals surface area contributed by atoms with Gasteiger partial charge in [-0.05, 0) is 36.2 Å². The molecular weight excluding hydrogens is 476 g/mol. The van der Waals surface area contributed by atoms with E-state index in [1.54, 1.807) is 25.1 Å². The zero-order valence-corrected chi connectivity index (χ0v) is 21.5. The third kappa shape index (κ3) is 5.60. The summed E-state index contributed by atoms with van der Waals surface area (Å²) < 4.78 is 5.11. The van der Waals surface area contributed by atoms with Gasteiger partial charge in [-0.1, -0.05) is 66.7 Å². The summed E-state index contributed by atoms with van der Waals surface area (Å²) in [4.78, 5) is 25.7. The molecule has 0 spiro atoms. The fourth-order valence-corrected chi connectivity index (χ4v) is 4.89. The molecule has 8 heteroatoms. The van der Waals surface area contributed by atoms with Gasteiger partial charge >= 0.3 is 5.97 Å². The van der Waals surface area contributed by atoms with Gasteiger partial charge < -0.3 is 20.7 Å². The van der Waals surface area contributed by atoms with Crippen LogP contribution in [0.25, 0.3) is 0 Å². The number of rotatable bonds is 8. The maximum Gasteiger partial charge on any atom is 0.338 e. The number of benzene rings is 3. The van der Waals surface area contributed by atoms with E-state index in [0.717, 1.165) is 26.2 Å². The summed E-state index contributed by atoms with van der Waals surface area (Å²) in [5, 5.41) is 3.24. The Morgan fingerprint density at radius 3 is 2.21 bits per heavy atom. The number of hydrogen-bond donors (Lipinski definition) is 2. The van der Waals surface area contributed by atoms with E-state index < -0.39 is 0 Å². The summed E-state index contributed by atoms with van der Waals surface area (Å²) in [5.74, 6) is 0.847. The average Bonchev–Trinajstić information content (AvgIpc) is 2.96. The van der Waals surface area contributed by atoms with Crippen molar-refractivity contribution >= 4 is 29.0 Å². The van der Waals surface area contributed by atoms with Crippen LogP contribution in [-0.4, -0.2) is 53.6 Å². The van der Waals surface area contributed by atoms with Gasteiger partial charge in [-0.2, -0.15) is 0 Å².